The first-order valence-electron chi connectivity index (χ1n) is 11.6. The highest BCUT2D eigenvalue weighted by Crippen LogP contribution is 2.32. The molecule has 1 aromatic heterocycles. The van der Waals surface area contributed by atoms with Gasteiger partial charge in [-0.25, -0.2) is 0 Å². The minimum Gasteiger partial charge on any atom is -0.376 e. The topological polar surface area (TPSA) is 51.7 Å². The number of amides is 1. The molecule has 1 aliphatic heterocycles. The van der Waals surface area contributed by atoms with Gasteiger partial charge in [0.1, 0.15) is 0 Å². The van der Waals surface area contributed by atoms with Crippen molar-refractivity contribution < 1.29 is 4.79 Å². The van der Waals surface area contributed by atoms with Crippen molar-refractivity contribution in [2.24, 2.45) is 5.92 Å². The van der Waals surface area contributed by atoms with Gasteiger partial charge in [-0.2, -0.15) is 0 Å². The number of rotatable bonds is 10. The van der Waals surface area contributed by atoms with Crippen molar-refractivity contribution >= 4 is 27.5 Å². The van der Waals surface area contributed by atoms with Crippen LogP contribution in [0.3, 0.4) is 0 Å². The Morgan fingerprint density at radius 1 is 1.22 bits per heavy atom. The van der Waals surface area contributed by atoms with Crippen LogP contribution in [0.2, 0.25) is 0 Å². The van der Waals surface area contributed by atoms with Gasteiger partial charge in [0.05, 0.1) is 18.8 Å². The Morgan fingerprint density at radius 2 is 2.06 bits per heavy atom. The van der Waals surface area contributed by atoms with Crippen molar-refractivity contribution in [3.05, 3.63) is 57.8 Å². The normalized spacial score (nSPS) is 16.1. The van der Waals surface area contributed by atoms with Crippen LogP contribution >= 0.6 is 15.9 Å². The van der Waals surface area contributed by atoms with Gasteiger partial charge in [0.2, 0.25) is 5.91 Å². The van der Waals surface area contributed by atoms with E-state index in [2.05, 4.69) is 54.2 Å². The lowest BCUT2D eigenvalue weighted by Gasteiger charge is -2.30. The zero-order valence-electron chi connectivity index (χ0n) is 19.2. The Hall–Kier alpha value is -1.96. The minimum atomic E-state index is 0.0909. The number of carbonyl (C=O) groups excluding carboxylic acids is 1. The summed E-state index contributed by atoms with van der Waals surface area (Å²) in [6.07, 6.45) is 5.61. The van der Waals surface area contributed by atoms with Crippen molar-refractivity contribution in [3.63, 3.8) is 0 Å². The molecule has 1 saturated carbocycles. The Balaban J connectivity index is 1.39. The van der Waals surface area contributed by atoms with Gasteiger partial charge >= 0.3 is 0 Å². The number of aromatic nitrogens is 1. The van der Waals surface area contributed by atoms with Crippen LogP contribution in [0.5, 0.6) is 0 Å². The Bertz CT molecular complexity index is 930. The van der Waals surface area contributed by atoms with E-state index in [1.54, 1.807) is 6.20 Å². The molecule has 1 fully saturated rings. The summed E-state index contributed by atoms with van der Waals surface area (Å²) < 4.78 is 0.934. The second kappa shape index (κ2) is 10.8. The first kappa shape index (κ1) is 23.2. The van der Waals surface area contributed by atoms with E-state index in [9.17, 15) is 4.79 Å². The fraction of sp³-hybridized carbons (Fsp3) is 0.520. The minimum absolute atomic E-state index is 0.0909. The van der Waals surface area contributed by atoms with Gasteiger partial charge in [0, 0.05) is 49.1 Å². The maximum Gasteiger partial charge on any atom is 0.242 e. The molecule has 0 bridgehead atoms. The van der Waals surface area contributed by atoms with Crippen LogP contribution in [0.1, 0.15) is 29.7 Å². The van der Waals surface area contributed by atoms with E-state index >= 15 is 0 Å². The highest BCUT2D eigenvalue weighted by Gasteiger charge is 2.27. The zero-order chi connectivity index (χ0) is 22.5. The third-order valence-corrected chi connectivity index (χ3v) is 7.06. The predicted octanol–water partition coefficient (Wildman–Crippen LogP) is 3.61. The van der Waals surface area contributed by atoms with Gasteiger partial charge in [-0.15, -0.1) is 0 Å². The van der Waals surface area contributed by atoms with E-state index in [0.717, 1.165) is 47.8 Å². The summed E-state index contributed by atoms with van der Waals surface area (Å²) in [6, 6.07) is 10.3. The fourth-order valence-electron chi connectivity index (χ4n) is 4.27. The molecule has 1 aromatic carbocycles. The molecule has 7 heteroatoms. The quantitative estimate of drug-likeness (QED) is 0.540. The monoisotopic (exact) mass is 499 g/mol. The molecule has 32 heavy (non-hydrogen) atoms. The average Bonchev–Trinajstić information content (AvgIpc) is 3.59. The molecule has 2 aromatic rings. The third kappa shape index (κ3) is 6.30. The van der Waals surface area contributed by atoms with E-state index in [1.807, 2.05) is 31.1 Å². The molecular weight excluding hydrogens is 466 g/mol. The second-order valence-corrected chi connectivity index (χ2v) is 10.1. The number of nitrogens with zero attached hydrogens (tertiary/aromatic N) is 4. The van der Waals surface area contributed by atoms with Gasteiger partial charge in [-0.3, -0.25) is 14.7 Å². The van der Waals surface area contributed by atoms with Crippen LogP contribution in [0, 0.1) is 5.92 Å². The summed E-state index contributed by atoms with van der Waals surface area (Å²) in [5.41, 5.74) is 4.76. The predicted molar refractivity (Wildman–Crippen MR) is 133 cm³/mol. The number of carbonyl (C=O) groups is 1. The highest BCUT2D eigenvalue weighted by molar-refractivity contribution is 9.10. The van der Waals surface area contributed by atoms with E-state index < -0.39 is 0 Å². The Morgan fingerprint density at radius 3 is 2.81 bits per heavy atom. The fourth-order valence-corrected chi connectivity index (χ4v) is 4.65. The average molecular weight is 500 g/mol. The van der Waals surface area contributed by atoms with Gasteiger partial charge in [-0.05, 0) is 84.5 Å². The standard InChI is InChI=1S/C25H34BrN5O/c1-29(2)13-14-31(18-24-22(26)6-4-11-27-24)25(32)15-28-23-7-3-5-20-17-30(12-10-21(20)23)16-19-8-9-19/h3-7,11,19,28H,8-10,12-18H2,1-2H3. The number of halogens is 1. The summed E-state index contributed by atoms with van der Waals surface area (Å²) in [5.74, 6) is 1.01. The summed E-state index contributed by atoms with van der Waals surface area (Å²) >= 11 is 3.56. The van der Waals surface area contributed by atoms with Crippen LogP contribution in [0.15, 0.2) is 41.0 Å². The number of fused-ring (bicyclic) bond motifs is 1. The highest BCUT2D eigenvalue weighted by atomic mass is 79.9. The van der Waals surface area contributed by atoms with Crippen LogP contribution in [-0.2, 0) is 24.3 Å². The Kier molecular flexibility index (Phi) is 7.81. The molecule has 1 N–H and O–H groups in total. The molecule has 172 valence electrons. The second-order valence-electron chi connectivity index (χ2n) is 9.28. The molecule has 0 atom stereocenters. The van der Waals surface area contributed by atoms with E-state index in [4.69, 9.17) is 0 Å². The van der Waals surface area contributed by atoms with E-state index in [-0.39, 0.29) is 5.91 Å². The molecule has 6 nitrogen and oxygen atoms in total. The van der Waals surface area contributed by atoms with Gasteiger partial charge in [-0.1, -0.05) is 12.1 Å². The van der Waals surface area contributed by atoms with E-state index in [0.29, 0.717) is 19.6 Å². The third-order valence-electron chi connectivity index (χ3n) is 6.33. The molecule has 2 aliphatic rings. The summed E-state index contributed by atoms with van der Waals surface area (Å²) in [4.78, 5) is 24.2. The summed E-state index contributed by atoms with van der Waals surface area (Å²) in [5, 5.41) is 3.45. The number of pyridine rings is 1. The first-order chi connectivity index (χ1) is 15.5. The smallest absolute Gasteiger partial charge is 0.242 e. The van der Waals surface area contributed by atoms with E-state index in [1.165, 1.54) is 30.5 Å². The molecule has 1 amide bonds. The van der Waals surface area contributed by atoms with Gasteiger partial charge in [0.15, 0.2) is 0 Å². The molecular formula is C25H34BrN5O. The van der Waals surface area contributed by atoms with Gasteiger partial charge < -0.3 is 15.1 Å². The molecule has 0 spiro atoms. The lowest BCUT2D eigenvalue weighted by atomic mass is 9.97. The van der Waals surface area contributed by atoms with Crippen LogP contribution in [0.25, 0.3) is 0 Å². The van der Waals surface area contributed by atoms with Crippen molar-refractivity contribution in [2.75, 3.05) is 52.1 Å². The Labute approximate surface area is 200 Å². The number of anilines is 1. The van der Waals surface area contributed by atoms with Gasteiger partial charge in [0.25, 0.3) is 0 Å². The molecule has 0 radical (unpaired) electrons. The molecule has 2 heterocycles. The van der Waals surface area contributed by atoms with Crippen LogP contribution in [0.4, 0.5) is 5.69 Å². The SMILES string of the molecule is CN(C)CCN(Cc1ncccc1Br)C(=O)CNc1cccc2c1CCN(CC1CC1)C2. The summed E-state index contributed by atoms with van der Waals surface area (Å²) in [7, 11) is 4.06. The zero-order valence-corrected chi connectivity index (χ0v) is 20.8. The lowest BCUT2D eigenvalue weighted by molar-refractivity contribution is -0.130. The molecule has 0 unspecified atom stereocenters. The van der Waals surface area contributed by atoms with Crippen LogP contribution < -0.4 is 5.32 Å². The largest absolute Gasteiger partial charge is 0.376 e. The first-order valence-corrected chi connectivity index (χ1v) is 12.4. The number of hydrogen-bond donors (Lipinski definition) is 1. The summed E-state index contributed by atoms with van der Waals surface area (Å²) in [6.45, 7) is 5.64. The van der Waals surface area contributed by atoms with Crippen molar-refractivity contribution in [3.8, 4) is 0 Å². The molecule has 4 rings (SSSR count). The van der Waals surface area contributed by atoms with Crippen molar-refractivity contribution in [1.29, 1.82) is 0 Å². The maximum absolute atomic E-state index is 13.2. The number of benzene rings is 1. The van der Waals surface area contributed by atoms with Crippen molar-refractivity contribution in [1.82, 2.24) is 19.7 Å². The maximum atomic E-state index is 13.2. The number of nitrogens with one attached hydrogen (secondary N) is 1. The molecule has 0 saturated heterocycles. The van der Waals surface area contributed by atoms with Crippen LogP contribution in [-0.4, -0.2) is 72.4 Å². The lowest BCUT2D eigenvalue weighted by Crippen LogP contribution is -2.40. The number of likely N-dealkylation sites (N-methyl/N-ethyl adjacent to an activating group) is 1. The molecule has 1 aliphatic carbocycles. The number of hydrogen-bond acceptors (Lipinski definition) is 5. The van der Waals surface area contributed by atoms with Crippen molar-refractivity contribution in [2.45, 2.75) is 32.4 Å².